The number of benzene rings is 2. The van der Waals surface area contributed by atoms with E-state index in [-0.39, 0.29) is 73.7 Å². The number of methoxy groups -OCH3 is 2. The number of aliphatic hydroxyl groups is 2. The SMILES string of the molecule is CCOC(=O)C[C@H](O)C[C@H](O)/C=C/c1c(C(C)C)nn(-c2ccnc(OC)n2)c1-c1cccc(C(F)(F)F)c1.CCOC(=O)C[C@H]1C[C@@H](/C=C/c2c(C(C)C)nn(-c3ccnc(OC)n3)c2-c2cccc(C(F)(F)F)c2)OC(C)(C)O1. The molecule has 0 amide bonds. The second kappa shape index (κ2) is 27.3. The van der Waals surface area contributed by atoms with Gasteiger partial charge in [0, 0.05) is 59.6 Å². The number of aliphatic hydroxyl groups excluding tert-OH is 2. The lowest BCUT2D eigenvalue weighted by atomic mass is 9.97. The minimum atomic E-state index is -4.57. The summed E-state index contributed by atoms with van der Waals surface area (Å²) < 4.78 is 117. The first-order chi connectivity index (χ1) is 38.2. The third-order valence-corrected chi connectivity index (χ3v) is 12.2. The maximum Gasteiger partial charge on any atom is 0.416 e. The first-order valence-corrected chi connectivity index (χ1v) is 26.0. The van der Waals surface area contributed by atoms with E-state index in [1.807, 2.05) is 33.8 Å². The molecule has 2 aromatic carbocycles. The van der Waals surface area contributed by atoms with Crippen LogP contribution < -0.4 is 9.47 Å². The van der Waals surface area contributed by atoms with Crippen molar-refractivity contribution < 1.29 is 74.6 Å². The zero-order chi connectivity index (χ0) is 59.4. The molecule has 4 aromatic heterocycles. The van der Waals surface area contributed by atoms with Gasteiger partial charge in [-0.3, -0.25) is 9.59 Å². The lowest BCUT2D eigenvalue weighted by Gasteiger charge is -2.39. The summed E-state index contributed by atoms with van der Waals surface area (Å²) in [6, 6.07) is 13.2. The molecule has 1 aliphatic rings. The van der Waals surface area contributed by atoms with Gasteiger partial charge in [0.1, 0.15) is 0 Å². The summed E-state index contributed by atoms with van der Waals surface area (Å²) in [6.07, 6.45) is -2.76. The van der Waals surface area contributed by atoms with Gasteiger partial charge in [-0.15, -0.1) is 0 Å². The highest BCUT2D eigenvalue weighted by Crippen LogP contribution is 2.40. The molecular weight excluding hydrogens is 1070 g/mol. The number of carbonyl (C=O) groups excluding carboxylic acids is 2. The van der Waals surface area contributed by atoms with E-state index in [1.165, 1.54) is 60.3 Å². The molecule has 0 unspecified atom stereocenters. The summed E-state index contributed by atoms with van der Waals surface area (Å²) in [6.45, 7) is 15.0. The third kappa shape index (κ3) is 16.8. The second-order valence-corrected chi connectivity index (χ2v) is 19.6. The van der Waals surface area contributed by atoms with Crippen molar-refractivity contribution in [2.45, 2.75) is 135 Å². The van der Waals surface area contributed by atoms with E-state index >= 15 is 0 Å². The highest BCUT2D eigenvalue weighted by Gasteiger charge is 2.37. The van der Waals surface area contributed by atoms with Gasteiger partial charge >= 0.3 is 36.3 Å². The van der Waals surface area contributed by atoms with Gasteiger partial charge in [0.05, 0.1) is 98.6 Å². The van der Waals surface area contributed by atoms with E-state index in [2.05, 4.69) is 25.0 Å². The number of ether oxygens (including phenoxy) is 6. The standard InChI is InChI=1S/C30H35F3N4O5.C27H31F3N4O5/c1-7-40-25(38)17-22-16-21(41-29(4,5)42-22)11-12-23-26(18(2)3)36-37(24-13-14-34-28(35-24)39-6)27(23)19-9-8-10-20(15-19)30(31,32)33;1-5-39-23(37)15-20(36)14-19(35)9-10-21-24(16(2)3)33-34(22-11-12-31-26(32-22)38-4)25(21)17-7-6-8-18(13-17)27(28,29)30/h8-15,18,21-22H,7,16-17H2,1-6H3;6-13,16,19-20,35-36H,5,14-15H2,1-4H3/b12-11+;10-9+/t21-,22-;19-,20-/m11/s1. The van der Waals surface area contributed by atoms with Crippen molar-refractivity contribution in [3.8, 4) is 46.2 Å². The molecule has 5 heterocycles. The van der Waals surface area contributed by atoms with Gasteiger partial charge in [0.15, 0.2) is 17.4 Å². The molecule has 1 aliphatic heterocycles. The third-order valence-electron chi connectivity index (χ3n) is 12.2. The first kappa shape index (κ1) is 62.7. The number of nitrogens with zero attached hydrogens (tertiary/aromatic N) is 8. The molecule has 2 N–H and O–H groups in total. The Morgan fingerprint density at radius 3 is 1.67 bits per heavy atom. The molecule has 1 saturated heterocycles. The van der Waals surface area contributed by atoms with Crippen molar-refractivity contribution in [1.29, 1.82) is 0 Å². The Morgan fingerprint density at radius 1 is 0.728 bits per heavy atom. The minimum Gasteiger partial charge on any atom is -0.467 e. The van der Waals surface area contributed by atoms with Crippen molar-refractivity contribution >= 4 is 24.1 Å². The smallest absolute Gasteiger partial charge is 0.416 e. The Balaban J connectivity index is 0.000000262. The Bertz CT molecular complexity index is 3160. The van der Waals surface area contributed by atoms with Gasteiger partial charge in [-0.2, -0.15) is 46.5 Å². The molecule has 0 bridgehead atoms. The molecule has 24 heteroatoms. The normalized spacial score (nSPS) is 16.3. The second-order valence-electron chi connectivity index (χ2n) is 19.6. The summed E-state index contributed by atoms with van der Waals surface area (Å²) in [5.41, 5.74) is 1.87. The molecule has 6 aromatic rings. The van der Waals surface area contributed by atoms with Gasteiger partial charge in [0.2, 0.25) is 0 Å². The monoisotopic (exact) mass is 1140 g/mol. The largest absolute Gasteiger partial charge is 0.467 e. The van der Waals surface area contributed by atoms with Crippen LogP contribution in [0.3, 0.4) is 0 Å². The van der Waals surface area contributed by atoms with Crippen LogP contribution in [0.25, 0.3) is 46.3 Å². The number of rotatable bonds is 20. The zero-order valence-electron chi connectivity index (χ0n) is 46.5. The Hall–Kier alpha value is -7.54. The summed E-state index contributed by atoms with van der Waals surface area (Å²) in [5, 5.41) is 30.2. The fraction of sp³-hybridized carbons (Fsp3) is 0.439. The number of carbonyl (C=O) groups is 2. The Labute approximate surface area is 464 Å². The molecule has 0 spiro atoms. The summed E-state index contributed by atoms with van der Waals surface area (Å²) in [7, 11) is 2.82. The predicted octanol–water partition coefficient (Wildman–Crippen LogP) is 10.9. The maximum atomic E-state index is 13.7. The summed E-state index contributed by atoms with van der Waals surface area (Å²) in [5.74, 6) is -1.59. The van der Waals surface area contributed by atoms with Crippen molar-refractivity contribution in [2.24, 2.45) is 0 Å². The molecule has 0 saturated carbocycles. The zero-order valence-corrected chi connectivity index (χ0v) is 46.5. The highest BCUT2D eigenvalue weighted by molar-refractivity contribution is 5.78. The van der Waals surface area contributed by atoms with Crippen LogP contribution in [-0.2, 0) is 40.9 Å². The van der Waals surface area contributed by atoms with Crippen LogP contribution in [0.2, 0.25) is 0 Å². The van der Waals surface area contributed by atoms with Crippen LogP contribution in [0.5, 0.6) is 12.0 Å². The quantitative estimate of drug-likeness (QED) is 0.0537. The van der Waals surface area contributed by atoms with Crippen molar-refractivity contribution in [2.75, 3.05) is 27.4 Å². The maximum absolute atomic E-state index is 13.7. The molecule has 436 valence electrons. The number of aromatic nitrogens is 8. The number of hydrogen-bond donors (Lipinski definition) is 2. The van der Waals surface area contributed by atoms with Crippen molar-refractivity contribution in [3.63, 3.8) is 0 Å². The van der Waals surface area contributed by atoms with E-state index in [0.29, 0.717) is 51.7 Å². The first-order valence-electron chi connectivity index (χ1n) is 26.0. The van der Waals surface area contributed by atoms with Crippen molar-refractivity contribution in [1.82, 2.24) is 39.5 Å². The molecule has 1 fully saturated rings. The predicted molar refractivity (Wildman–Crippen MR) is 286 cm³/mol. The van der Waals surface area contributed by atoms with Gasteiger partial charge in [-0.25, -0.2) is 19.3 Å². The summed E-state index contributed by atoms with van der Waals surface area (Å²) >= 11 is 0. The molecule has 81 heavy (non-hydrogen) atoms. The molecule has 18 nitrogen and oxygen atoms in total. The molecule has 7 rings (SSSR count). The fourth-order valence-electron chi connectivity index (χ4n) is 8.81. The number of halogens is 6. The van der Waals surface area contributed by atoms with Crippen LogP contribution in [0.1, 0.15) is 127 Å². The van der Waals surface area contributed by atoms with E-state index in [4.69, 9.17) is 33.5 Å². The van der Waals surface area contributed by atoms with Crippen LogP contribution in [0, 0.1) is 0 Å². The van der Waals surface area contributed by atoms with E-state index < -0.39 is 59.7 Å². The van der Waals surface area contributed by atoms with Gasteiger partial charge in [-0.05, 0) is 63.8 Å². The van der Waals surface area contributed by atoms with Gasteiger partial charge < -0.3 is 38.6 Å². The van der Waals surface area contributed by atoms with Crippen molar-refractivity contribution in [3.05, 3.63) is 119 Å². The summed E-state index contributed by atoms with van der Waals surface area (Å²) in [4.78, 5) is 40.5. The van der Waals surface area contributed by atoms with E-state index in [0.717, 1.165) is 24.3 Å². The molecule has 0 radical (unpaired) electrons. The topological polar surface area (TPSA) is 217 Å². The van der Waals surface area contributed by atoms with Gasteiger partial charge in [0.25, 0.3) is 0 Å². The molecule has 0 aliphatic carbocycles. The minimum absolute atomic E-state index is 0.0483. The van der Waals surface area contributed by atoms with Crippen LogP contribution in [-0.4, -0.2) is 119 Å². The number of alkyl halides is 6. The highest BCUT2D eigenvalue weighted by atomic mass is 19.4. The Morgan fingerprint density at radius 2 is 1.21 bits per heavy atom. The average Bonchev–Trinajstić information content (AvgIpc) is 4.25. The number of esters is 2. The molecule has 4 atom stereocenters. The van der Waals surface area contributed by atoms with E-state index in [9.17, 15) is 46.1 Å². The Kier molecular flexibility index (Phi) is 21.1. The lowest BCUT2D eigenvalue weighted by molar-refractivity contribution is -0.290. The van der Waals surface area contributed by atoms with E-state index in [1.54, 1.807) is 58.0 Å². The lowest BCUT2D eigenvalue weighted by Crippen LogP contribution is -2.44. The fourth-order valence-corrected chi connectivity index (χ4v) is 8.81. The van der Waals surface area contributed by atoms with Crippen LogP contribution in [0.4, 0.5) is 26.3 Å². The average molecular weight is 1140 g/mol. The van der Waals surface area contributed by atoms with Crippen LogP contribution >= 0.6 is 0 Å². The number of hydrogen-bond acceptors (Lipinski definition) is 16. The van der Waals surface area contributed by atoms with Crippen LogP contribution in [0.15, 0.2) is 85.2 Å². The van der Waals surface area contributed by atoms with Gasteiger partial charge in [-0.1, -0.05) is 76.3 Å². The molecular formula is C57H66F6N8O10.